The summed E-state index contributed by atoms with van der Waals surface area (Å²) in [5, 5.41) is 1.03. The SMILES string of the molecule is COc1ccc([C@@H]2C3=C(N=c4s/c(=C\c5ccc(Cl)cc5Cl)c(=O)n42)c2ccccc2CC3)cc1OC. The number of rotatable bonds is 4. The summed E-state index contributed by atoms with van der Waals surface area (Å²) in [6.07, 6.45) is 3.51. The number of fused-ring (bicyclic) bond motifs is 3. The first kappa shape index (κ1) is 24.0. The Morgan fingerprint density at radius 2 is 1.81 bits per heavy atom. The van der Waals surface area contributed by atoms with Crippen LogP contribution in [0.15, 0.2) is 76.0 Å². The average molecular weight is 549 g/mol. The highest BCUT2D eigenvalue weighted by Gasteiger charge is 2.33. The van der Waals surface area contributed by atoms with E-state index in [0.29, 0.717) is 30.9 Å². The van der Waals surface area contributed by atoms with Gasteiger partial charge in [-0.3, -0.25) is 9.36 Å². The molecular weight excluding hydrogens is 527 g/mol. The molecule has 1 aliphatic heterocycles. The molecule has 1 aromatic heterocycles. The van der Waals surface area contributed by atoms with Crippen molar-refractivity contribution < 1.29 is 9.47 Å². The lowest BCUT2D eigenvalue weighted by molar-refractivity contribution is 0.354. The molecule has 0 unspecified atom stereocenters. The van der Waals surface area contributed by atoms with Crippen LogP contribution >= 0.6 is 34.5 Å². The van der Waals surface area contributed by atoms with E-state index < -0.39 is 0 Å². The number of aromatic nitrogens is 1. The summed E-state index contributed by atoms with van der Waals surface area (Å²) in [4.78, 5) is 19.6. The number of aryl methyl sites for hydroxylation is 1. The molecule has 186 valence electrons. The Bertz CT molecular complexity index is 1770. The minimum atomic E-state index is -0.317. The Morgan fingerprint density at radius 3 is 2.59 bits per heavy atom. The molecule has 3 aromatic carbocycles. The third-order valence-corrected chi connectivity index (χ3v) is 8.39. The van der Waals surface area contributed by atoms with Crippen LogP contribution in [-0.4, -0.2) is 18.8 Å². The smallest absolute Gasteiger partial charge is 0.271 e. The van der Waals surface area contributed by atoms with Crippen LogP contribution in [0.4, 0.5) is 0 Å². The molecule has 2 heterocycles. The fourth-order valence-corrected chi connectivity index (χ4v) is 6.56. The molecule has 0 amide bonds. The first-order chi connectivity index (χ1) is 18.0. The quantitative estimate of drug-likeness (QED) is 0.331. The van der Waals surface area contributed by atoms with Gasteiger partial charge in [0.15, 0.2) is 16.3 Å². The second-order valence-corrected chi connectivity index (χ2v) is 10.7. The number of methoxy groups -OCH3 is 2. The second kappa shape index (κ2) is 9.53. The maximum Gasteiger partial charge on any atom is 0.271 e. The van der Waals surface area contributed by atoms with E-state index in [2.05, 4.69) is 18.2 Å². The summed E-state index contributed by atoms with van der Waals surface area (Å²) in [5.74, 6) is 1.25. The minimum absolute atomic E-state index is 0.111. The van der Waals surface area contributed by atoms with Crippen LogP contribution in [0.25, 0.3) is 11.8 Å². The van der Waals surface area contributed by atoms with Gasteiger partial charge in [0.05, 0.1) is 30.5 Å². The molecule has 6 rings (SSSR count). The third kappa shape index (κ3) is 4.09. The Morgan fingerprint density at radius 1 is 1.00 bits per heavy atom. The fraction of sp³-hybridized carbons (Fsp3) is 0.172. The van der Waals surface area contributed by atoms with Crippen LogP contribution in [0, 0.1) is 0 Å². The van der Waals surface area contributed by atoms with Gasteiger partial charge < -0.3 is 9.47 Å². The van der Waals surface area contributed by atoms with Crippen molar-refractivity contribution in [2.45, 2.75) is 18.9 Å². The van der Waals surface area contributed by atoms with E-state index in [1.807, 2.05) is 36.4 Å². The van der Waals surface area contributed by atoms with Crippen LogP contribution in [0.1, 0.15) is 34.7 Å². The van der Waals surface area contributed by atoms with Crippen LogP contribution < -0.4 is 24.4 Å². The Kier molecular flexibility index (Phi) is 6.19. The summed E-state index contributed by atoms with van der Waals surface area (Å²) in [6, 6.07) is 19.1. The van der Waals surface area contributed by atoms with Gasteiger partial charge >= 0.3 is 0 Å². The summed E-state index contributed by atoms with van der Waals surface area (Å²) in [5.41, 5.74) is 6.01. The van der Waals surface area contributed by atoms with E-state index in [1.165, 1.54) is 16.9 Å². The molecule has 2 aliphatic rings. The van der Waals surface area contributed by atoms with Crippen molar-refractivity contribution in [2.24, 2.45) is 4.99 Å². The van der Waals surface area contributed by atoms with Crippen molar-refractivity contribution in [2.75, 3.05) is 14.2 Å². The van der Waals surface area contributed by atoms with Crippen LogP contribution in [0.3, 0.4) is 0 Å². The third-order valence-electron chi connectivity index (χ3n) is 6.85. The molecule has 1 atom stereocenters. The monoisotopic (exact) mass is 548 g/mol. The Balaban J connectivity index is 1.62. The van der Waals surface area contributed by atoms with Crippen molar-refractivity contribution in [3.8, 4) is 11.5 Å². The summed E-state index contributed by atoms with van der Waals surface area (Å²) in [6.45, 7) is 0. The number of thiazole rings is 1. The first-order valence-electron chi connectivity index (χ1n) is 11.8. The number of halogens is 2. The molecule has 0 saturated heterocycles. The largest absolute Gasteiger partial charge is 0.493 e. The molecule has 0 fully saturated rings. The predicted octanol–water partition coefficient (Wildman–Crippen LogP) is 5.64. The zero-order chi connectivity index (χ0) is 25.7. The van der Waals surface area contributed by atoms with E-state index >= 15 is 0 Å². The standard InChI is InChI=1S/C29H22Cl2N2O3S/c1-35-23-12-9-18(13-24(23)36-2)27-21-11-8-16-5-3-4-6-20(16)26(21)32-29-33(27)28(34)25(37-29)14-17-7-10-19(30)15-22(17)31/h3-7,9-10,12-15,27H,8,11H2,1-2H3/b25-14-/t27-/m1/s1. The zero-order valence-corrected chi connectivity index (χ0v) is 22.5. The highest BCUT2D eigenvalue weighted by molar-refractivity contribution is 7.07. The number of hydrogen-bond donors (Lipinski definition) is 0. The molecular formula is C29H22Cl2N2O3S. The lowest BCUT2D eigenvalue weighted by Gasteiger charge is -2.31. The van der Waals surface area contributed by atoms with E-state index in [0.717, 1.165) is 40.8 Å². The van der Waals surface area contributed by atoms with Gasteiger partial charge in [-0.15, -0.1) is 0 Å². The first-order valence-corrected chi connectivity index (χ1v) is 13.4. The van der Waals surface area contributed by atoms with Gasteiger partial charge in [-0.05, 0) is 65.4 Å². The van der Waals surface area contributed by atoms with E-state index in [9.17, 15) is 4.79 Å². The number of hydrogen-bond acceptors (Lipinski definition) is 5. The lowest BCUT2D eigenvalue weighted by atomic mass is 9.83. The molecule has 0 N–H and O–H groups in total. The van der Waals surface area contributed by atoms with Crippen LogP contribution in [0.2, 0.25) is 10.0 Å². The highest BCUT2D eigenvalue weighted by Crippen LogP contribution is 2.42. The molecule has 5 nitrogen and oxygen atoms in total. The zero-order valence-electron chi connectivity index (χ0n) is 20.1. The number of benzene rings is 3. The van der Waals surface area contributed by atoms with Gasteiger partial charge in [-0.25, -0.2) is 4.99 Å². The van der Waals surface area contributed by atoms with E-state index in [4.69, 9.17) is 37.7 Å². The van der Waals surface area contributed by atoms with Crippen LogP contribution in [-0.2, 0) is 6.42 Å². The van der Waals surface area contributed by atoms with Gasteiger partial charge in [0.2, 0.25) is 0 Å². The molecule has 0 saturated carbocycles. The maximum absolute atomic E-state index is 13.9. The van der Waals surface area contributed by atoms with Crippen LogP contribution in [0.5, 0.6) is 11.5 Å². The van der Waals surface area contributed by atoms with Gasteiger partial charge in [-0.2, -0.15) is 0 Å². The minimum Gasteiger partial charge on any atom is -0.493 e. The average Bonchev–Trinajstić information content (AvgIpc) is 3.22. The summed E-state index contributed by atoms with van der Waals surface area (Å²) >= 11 is 13.9. The van der Waals surface area contributed by atoms with Crippen molar-refractivity contribution >= 4 is 46.3 Å². The topological polar surface area (TPSA) is 52.8 Å². The van der Waals surface area contributed by atoms with E-state index in [1.54, 1.807) is 30.9 Å². The molecule has 0 bridgehead atoms. The molecule has 4 aromatic rings. The van der Waals surface area contributed by atoms with Crippen molar-refractivity contribution in [1.82, 2.24) is 4.57 Å². The van der Waals surface area contributed by atoms with Crippen molar-refractivity contribution in [3.63, 3.8) is 0 Å². The highest BCUT2D eigenvalue weighted by atomic mass is 35.5. The maximum atomic E-state index is 13.9. The van der Waals surface area contributed by atoms with Gasteiger partial charge in [0.1, 0.15) is 0 Å². The summed E-state index contributed by atoms with van der Waals surface area (Å²) < 4.78 is 13.4. The lowest BCUT2D eigenvalue weighted by Crippen LogP contribution is -2.38. The fourth-order valence-electron chi connectivity index (χ4n) is 5.11. The number of nitrogens with zero attached hydrogens (tertiary/aromatic N) is 2. The van der Waals surface area contributed by atoms with Crippen molar-refractivity contribution in [3.05, 3.63) is 118 Å². The Labute approximate surface area is 227 Å². The van der Waals surface area contributed by atoms with E-state index in [-0.39, 0.29) is 11.6 Å². The van der Waals surface area contributed by atoms with Gasteiger partial charge in [0, 0.05) is 15.6 Å². The van der Waals surface area contributed by atoms with Gasteiger partial charge in [0.25, 0.3) is 5.56 Å². The molecule has 37 heavy (non-hydrogen) atoms. The van der Waals surface area contributed by atoms with Crippen molar-refractivity contribution in [1.29, 1.82) is 0 Å². The molecule has 1 aliphatic carbocycles. The number of ether oxygens (including phenoxy) is 2. The number of allylic oxidation sites excluding steroid dienone is 1. The second-order valence-electron chi connectivity index (χ2n) is 8.89. The van der Waals surface area contributed by atoms with Gasteiger partial charge in [-0.1, -0.05) is 70.9 Å². The molecule has 8 heteroatoms. The predicted molar refractivity (Wildman–Crippen MR) is 149 cm³/mol. The summed E-state index contributed by atoms with van der Waals surface area (Å²) in [7, 11) is 3.23. The normalized spacial score (nSPS) is 16.5. The molecule has 0 radical (unpaired) electrons. The molecule has 0 spiro atoms. The Hall–Kier alpha value is -3.32.